The third-order valence-corrected chi connectivity index (χ3v) is 2.45. The summed E-state index contributed by atoms with van der Waals surface area (Å²) in [6, 6.07) is 12.3. The zero-order valence-corrected chi connectivity index (χ0v) is 9.53. The molecule has 2 rings (SSSR count). The van der Waals surface area contributed by atoms with Crippen LogP contribution in [0.4, 0.5) is 5.69 Å². The molecular formula is C13H17N3. The Morgan fingerprint density at radius 2 is 2.06 bits per heavy atom. The molecule has 0 unspecified atom stereocenters. The van der Waals surface area contributed by atoms with Gasteiger partial charge in [-0.15, -0.1) is 0 Å². The summed E-state index contributed by atoms with van der Waals surface area (Å²) in [6.07, 6.45) is 2.18. The van der Waals surface area contributed by atoms with E-state index in [-0.39, 0.29) is 0 Å². The molecule has 16 heavy (non-hydrogen) atoms. The van der Waals surface area contributed by atoms with Gasteiger partial charge in [0.1, 0.15) is 0 Å². The number of aromatic amines is 1. The summed E-state index contributed by atoms with van der Waals surface area (Å²) in [5.41, 5.74) is 3.41. The summed E-state index contributed by atoms with van der Waals surface area (Å²) in [7, 11) is 0. The Morgan fingerprint density at radius 3 is 2.81 bits per heavy atom. The fourth-order valence-corrected chi connectivity index (χ4v) is 1.64. The van der Waals surface area contributed by atoms with Gasteiger partial charge < -0.3 is 5.32 Å². The zero-order chi connectivity index (χ0) is 11.2. The van der Waals surface area contributed by atoms with Gasteiger partial charge in [-0.05, 0) is 24.6 Å². The van der Waals surface area contributed by atoms with E-state index in [1.165, 1.54) is 0 Å². The van der Waals surface area contributed by atoms with Crippen LogP contribution in [-0.4, -0.2) is 10.2 Å². The molecule has 0 atom stereocenters. The van der Waals surface area contributed by atoms with Gasteiger partial charge in [-0.2, -0.15) is 5.10 Å². The number of para-hydroxylation sites is 1. The molecule has 0 saturated heterocycles. The Labute approximate surface area is 95.9 Å². The van der Waals surface area contributed by atoms with E-state index in [0.29, 0.717) is 0 Å². The molecular weight excluding hydrogens is 198 g/mol. The van der Waals surface area contributed by atoms with Crippen LogP contribution in [-0.2, 0) is 13.0 Å². The molecule has 0 fully saturated rings. The quantitative estimate of drug-likeness (QED) is 0.805. The van der Waals surface area contributed by atoms with Gasteiger partial charge in [0.2, 0.25) is 0 Å². The minimum atomic E-state index is 0.792. The average Bonchev–Trinajstić information content (AvgIpc) is 2.76. The number of aromatic nitrogens is 2. The van der Waals surface area contributed by atoms with Crippen molar-refractivity contribution < 1.29 is 0 Å². The molecule has 0 saturated carbocycles. The van der Waals surface area contributed by atoms with Gasteiger partial charge in [0.15, 0.2) is 0 Å². The number of H-pyrrole nitrogens is 1. The first-order chi connectivity index (χ1) is 7.88. The molecule has 2 N–H and O–H groups in total. The number of anilines is 1. The van der Waals surface area contributed by atoms with Crippen molar-refractivity contribution in [3.8, 4) is 0 Å². The van der Waals surface area contributed by atoms with Crippen molar-refractivity contribution in [2.75, 3.05) is 5.32 Å². The highest BCUT2D eigenvalue weighted by molar-refractivity contribution is 5.42. The number of hydrogen-bond acceptors (Lipinski definition) is 2. The Balaban J connectivity index is 1.89. The van der Waals surface area contributed by atoms with Gasteiger partial charge in [-0.3, -0.25) is 5.10 Å². The van der Waals surface area contributed by atoms with Crippen LogP contribution in [0.3, 0.4) is 0 Å². The van der Waals surface area contributed by atoms with Crippen LogP contribution in [0.1, 0.15) is 24.7 Å². The summed E-state index contributed by atoms with van der Waals surface area (Å²) in [5, 5.41) is 10.6. The second kappa shape index (κ2) is 5.35. The molecule has 0 amide bonds. The van der Waals surface area contributed by atoms with Crippen LogP contribution in [0.15, 0.2) is 36.4 Å². The molecule has 0 spiro atoms. The molecule has 0 aliphatic heterocycles. The molecule has 1 aromatic heterocycles. The van der Waals surface area contributed by atoms with Crippen LogP contribution >= 0.6 is 0 Å². The summed E-state index contributed by atoms with van der Waals surface area (Å²) in [5.74, 6) is 0. The van der Waals surface area contributed by atoms with Crippen molar-refractivity contribution in [1.29, 1.82) is 0 Å². The predicted molar refractivity (Wildman–Crippen MR) is 66.4 cm³/mol. The normalized spacial score (nSPS) is 10.3. The topological polar surface area (TPSA) is 40.7 Å². The van der Waals surface area contributed by atoms with Crippen molar-refractivity contribution in [3.05, 3.63) is 47.8 Å². The first kappa shape index (κ1) is 10.7. The van der Waals surface area contributed by atoms with Crippen LogP contribution < -0.4 is 5.32 Å². The summed E-state index contributed by atoms with van der Waals surface area (Å²) < 4.78 is 0. The van der Waals surface area contributed by atoms with Gasteiger partial charge in [-0.1, -0.05) is 31.5 Å². The van der Waals surface area contributed by atoms with Gasteiger partial charge >= 0.3 is 0 Å². The number of aryl methyl sites for hydroxylation is 1. The van der Waals surface area contributed by atoms with Gasteiger partial charge in [0.25, 0.3) is 0 Å². The second-order valence-corrected chi connectivity index (χ2v) is 3.85. The smallest absolute Gasteiger partial charge is 0.0625 e. The Morgan fingerprint density at radius 1 is 1.25 bits per heavy atom. The monoisotopic (exact) mass is 215 g/mol. The molecule has 0 radical (unpaired) electrons. The first-order valence-electron chi connectivity index (χ1n) is 5.70. The van der Waals surface area contributed by atoms with Gasteiger partial charge in [0.05, 0.1) is 17.9 Å². The van der Waals surface area contributed by atoms with E-state index in [4.69, 9.17) is 0 Å². The lowest BCUT2D eigenvalue weighted by atomic mass is 10.2. The molecule has 1 aromatic carbocycles. The van der Waals surface area contributed by atoms with E-state index < -0.39 is 0 Å². The molecule has 2 aromatic rings. The lowest BCUT2D eigenvalue weighted by molar-refractivity contribution is 0.862. The number of hydrogen-bond donors (Lipinski definition) is 2. The standard InChI is InChI=1S/C13H17N3/c1-2-6-12-9-13(16-15-12)10-14-11-7-4-3-5-8-11/h3-5,7-9,14H,2,6,10H2,1H3,(H,15,16). The number of nitrogens with zero attached hydrogens (tertiary/aromatic N) is 1. The third-order valence-electron chi connectivity index (χ3n) is 2.45. The maximum atomic E-state index is 4.25. The lowest BCUT2D eigenvalue weighted by Gasteiger charge is -2.03. The van der Waals surface area contributed by atoms with Crippen molar-refractivity contribution in [3.63, 3.8) is 0 Å². The second-order valence-electron chi connectivity index (χ2n) is 3.85. The number of benzene rings is 1. The van der Waals surface area contributed by atoms with E-state index >= 15 is 0 Å². The summed E-state index contributed by atoms with van der Waals surface area (Å²) in [6.45, 7) is 2.96. The van der Waals surface area contributed by atoms with Crippen LogP contribution in [0.25, 0.3) is 0 Å². The molecule has 0 aliphatic carbocycles. The molecule has 3 nitrogen and oxygen atoms in total. The Kier molecular flexibility index (Phi) is 3.59. The number of nitrogens with one attached hydrogen (secondary N) is 2. The maximum Gasteiger partial charge on any atom is 0.0625 e. The summed E-state index contributed by atoms with van der Waals surface area (Å²) in [4.78, 5) is 0. The van der Waals surface area contributed by atoms with Crippen LogP contribution in [0.5, 0.6) is 0 Å². The molecule has 3 heteroatoms. The van der Waals surface area contributed by atoms with Gasteiger partial charge in [0, 0.05) is 5.69 Å². The molecule has 0 aliphatic rings. The van der Waals surface area contributed by atoms with Crippen molar-refractivity contribution >= 4 is 5.69 Å². The first-order valence-corrected chi connectivity index (χ1v) is 5.70. The fraction of sp³-hybridized carbons (Fsp3) is 0.308. The molecule has 1 heterocycles. The van der Waals surface area contributed by atoms with E-state index in [0.717, 1.165) is 36.5 Å². The average molecular weight is 215 g/mol. The van der Waals surface area contributed by atoms with Crippen LogP contribution in [0, 0.1) is 0 Å². The SMILES string of the molecule is CCCc1cc(CNc2ccccc2)[nH]n1. The number of rotatable bonds is 5. The van der Waals surface area contributed by atoms with E-state index in [9.17, 15) is 0 Å². The Hall–Kier alpha value is -1.77. The minimum Gasteiger partial charge on any atom is -0.379 e. The van der Waals surface area contributed by atoms with Crippen molar-refractivity contribution in [2.45, 2.75) is 26.3 Å². The van der Waals surface area contributed by atoms with Crippen molar-refractivity contribution in [1.82, 2.24) is 10.2 Å². The molecule has 84 valence electrons. The predicted octanol–water partition coefficient (Wildman–Crippen LogP) is 2.97. The highest BCUT2D eigenvalue weighted by atomic mass is 15.1. The highest BCUT2D eigenvalue weighted by Crippen LogP contribution is 2.08. The maximum absolute atomic E-state index is 4.25. The van der Waals surface area contributed by atoms with E-state index in [1.54, 1.807) is 0 Å². The zero-order valence-electron chi connectivity index (χ0n) is 9.53. The van der Waals surface area contributed by atoms with Crippen molar-refractivity contribution in [2.24, 2.45) is 0 Å². The van der Waals surface area contributed by atoms with E-state index in [1.807, 2.05) is 18.2 Å². The minimum absolute atomic E-state index is 0.792. The van der Waals surface area contributed by atoms with Gasteiger partial charge in [-0.25, -0.2) is 0 Å². The molecule has 0 bridgehead atoms. The largest absolute Gasteiger partial charge is 0.379 e. The third kappa shape index (κ3) is 2.86. The van der Waals surface area contributed by atoms with E-state index in [2.05, 4.69) is 40.6 Å². The Bertz CT molecular complexity index is 420. The highest BCUT2D eigenvalue weighted by Gasteiger charge is 1.99. The lowest BCUT2D eigenvalue weighted by Crippen LogP contribution is -1.99. The fourth-order valence-electron chi connectivity index (χ4n) is 1.64. The van der Waals surface area contributed by atoms with Crippen LogP contribution in [0.2, 0.25) is 0 Å². The summed E-state index contributed by atoms with van der Waals surface area (Å²) >= 11 is 0.